The first-order valence-corrected chi connectivity index (χ1v) is 6.55. The van der Waals surface area contributed by atoms with E-state index in [1.165, 1.54) is 18.9 Å². The van der Waals surface area contributed by atoms with E-state index < -0.39 is 5.97 Å². The SMILES string of the molecule is CCCOC(=O)c1cc(SC)cc(OC)c1N. The van der Waals surface area contributed by atoms with Gasteiger partial charge in [0.2, 0.25) is 0 Å². The van der Waals surface area contributed by atoms with Crippen molar-refractivity contribution >= 4 is 23.4 Å². The zero-order valence-corrected chi connectivity index (χ0v) is 11.1. The molecular weight excluding hydrogens is 238 g/mol. The maximum absolute atomic E-state index is 11.8. The zero-order chi connectivity index (χ0) is 12.8. The van der Waals surface area contributed by atoms with E-state index >= 15 is 0 Å². The van der Waals surface area contributed by atoms with E-state index in [1.54, 1.807) is 12.1 Å². The van der Waals surface area contributed by atoms with Crippen molar-refractivity contribution in [2.45, 2.75) is 18.2 Å². The maximum atomic E-state index is 11.8. The van der Waals surface area contributed by atoms with Gasteiger partial charge in [0.25, 0.3) is 0 Å². The third-order valence-electron chi connectivity index (χ3n) is 2.23. The number of carbonyl (C=O) groups is 1. The van der Waals surface area contributed by atoms with Crippen molar-refractivity contribution in [3.8, 4) is 5.75 Å². The van der Waals surface area contributed by atoms with E-state index in [4.69, 9.17) is 15.2 Å². The zero-order valence-electron chi connectivity index (χ0n) is 10.3. The highest BCUT2D eigenvalue weighted by Gasteiger charge is 2.16. The van der Waals surface area contributed by atoms with E-state index in [2.05, 4.69) is 0 Å². The second kappa shape index (κ2) is 6.39. The fourth-order valence-corrected chi connectivity index (χ4v) is 1.79. The highest BCUT2D eigenvalue weighted by atomic mass is 32.2. The number of hydrogen-bond acceptors (Lipinski definition) is 5. The minimum absolute atomic E-state index is 0.325. The predicted octanol–water partition coefficient (Wildman–Crippen LogP) is 2.57. The standard InChI is InChI=1S/C12H17NO3S/c1-4-5-16-12(14)9-6-8(17-3)7-10(15-2)11(9)13/h6-7H,4-5,13H2,1-3H3. The Bertz CT molecular complexity index is 407. The molecule has 2 N–H and O–H groups in total. The van der Waals surface area contributed by atoms with Gasteiger partial charge in [0.15, 0.2) is 0 Å². The molecule has 5 heteroatoms. The molecule has 0 saturated carbocycles. The maximum Gasteiger partial charge on any atom is 0.340 e. The lowest BCUT2D eigenvalue weighted by molar-refractivity contribution is 0.0505. The van der Waals surface area contributed by atoms with Crippen LogP contribution in [0.25, 0.3) is 0 Å². The minimum Gasteiger partial charge on any atom is -0.495 e. The number of hydrogen-bond donors (Lipinski definition) is 1. The minimum atomic E-state index is -0.404. The Hall–Kier alpha value is -1.36. The van der Waals surface area contributed by atoms with Gasteiger partial charge in [-0.3, -0.25) is 0 Å². The van der Waals surface area contributed by atoms with Gasteiger partial charge in [0.05, 0.1) is 25.0 Å². The molecule has 0 aliphatic rings. The van der Waals surface area contributed by atoms with Crippen molar-refractivity contribution in [3.63, 3.8) is 0 Å². The van der Waals surface area contributed by atoms with Crippen LogP contribution in [0.5, 0.6) is 5.75 Å². The van der Waals surface area contributed by atoms with Crippen molar-refractivity contribution in [1.82, 2.24) is 0 Å². The Balaban J connectivity index is 3.08. The monoisotopic (exact) mass is 255 g/mol. The van der Waals surface area contributed by atoms with Gasteiger partial charge < -0.3 is 15.2 Å². The molecule has 1 aromatic rings. The van der Waals surface area contributed by atoms with Crippen LogP contribution < -0.4 is 10.5 Å². The van der Waals surface area contributed by atoms with Crippen LogP contribution in [0.15, 0.2) is 17.0 Å². The van der Waals surface area contributed by atoms with Gasteiger partial charge in [-0.1, -0.05) is 6.92 Å². The van der Waals surface area contributed by atoms with Crippen molar-refractivity contribution in [2.75, 3.05) is 25.7 Å². The Labute approximate surface area is 105 Å². The number of carbonyl (C=O) groups excluding carboxylic acids is 1. The number of thioether (sulfide) groups is 1. The molecule has 0 fully saturated rings. The van der Waals surface area contributed by atoms with Crippen LogP contribution in [-0.2, 0) is 4.74 Å². The van der Waals surface area contributed by atoms with Crippen LogP contribution in [0, 0.1) is 0 Å². The molecule has 0 heterocycles. The molecule has 0 radical (unpaired) electrons. The van der Waals surface area contributed by atoms with Crippen LogP contribution >= 0.6 is 11.8 Å². The summed E-state index contributed by atoms with van der Waals surface area (Å²) in [6.07, 6.45) is 2.71. The van der Waals surface area contributed by atoms with E-state index in [9.17, 15) is 4.79 Å². The Kier molecular flexibility index (Phi) is 5.15. The summed E-state index contributed by atoms with van der Waals surface area (Å²) in [7, 11) is 1.52. The fourth-order valence-electron chi connectivity index (χ4n) is 1.33. The van der Waals surface area contributed by atoms with Gasteiger partial charge >= 0.3 is 5.97 Å². The molecule has 17 heavy (non-hydrogen) atoms. The Morgan fingerprint density at radius 2 is 2.18 bits per heavy atom. The Morgan fingerprint density at radius 3 is 2.71 bits per heavy atom. The van der Waals surface area contributed by atoms with Crippen LogP contribution in [0.3, 0.4) is 0 Å². The molecule has 0 aromatic heterocycles. The highest BCUT2D eigenvalue weighted by Crippen LogP contribution is 2.31. The summed E-state index contributed by atoms with van der Waals surface area (Å²) in [6, 6.07) is 3.52. The largest absolute Gasteiger partial charge is 0.495 e. The molecule has 0 unspecified atom stereocenters. The normalized spacial score (nSPS) is 10.1. The topological polar surface area (TPSA) is 61.5 Å². The van der Waals surface area contributed by atoms with Gasteiger partial charge in [-0.15, -0.1) is 11.8 Å². The summed E-state index contributed by atoms with van der Waals surface area (Å²) >= 11 is 1.52. The summed E-state index contributed by atoms with van der Waals surface area (Å²) in [5.41, 5.74) is 6.54. The number of nitrogen functional groups attached to an aromatic ring is 1. The summed E-state index contributed by atoms with van der Waals surface area (Å²) in [5.74, 6) is 0.0962. The van der Waals surface area contributed by atoms with E-state index in [-0.39, 0.29) is 0 Å². The first-order chi connectivity index (χ1) is 8.13. The molecule has 0 spiro atoms. The summed E-state index contributed by atoms with van der Waals surface area (Å²) in [5, 5.41) is 0. The number of benzene rings is 1. The number of rotatable bonds is 5. The molecule has 1 aromatic carbocycles. The first kappa shape index (κ1) is 13.7. The molecule has 0 bridgehead atoms. The second-order valence-electron chi connectivity index (χ2n) is 3.43. The lowest BCUT2D eigenvalue weighted by atomic mass is 10.1. The molecule has 0 saturated heterocycles. The number of nitrogens with two attached hydrogens (primary N) is 1. The quantitative estimate of drug-likeness (QED) is 0.498. The van der Waals surface area contributed by atoms with Crippen molar-refractivity contribution in [2.24, 2.45) is 0 Å². The lowest BCUT2D eigenvalue weighted by Gasteiger charge is -2.11. The van der Waals surface area contributed by atoms with Crippen LogP contribution in [0.4, 0.5) is 5.69 Å². The third-order valence-corrected chi connectivity index (χ3v) is 2.94. The predicted molar refractivity (Wildman–Crippen MR) is 69.8 cm³/mol. The van der Waals surface area contributed by atoms with Crippen molar-refractivity contribution < 1.29 is 14.3 Å². The van der Waals surface area contributed by atoms with E-state index in [0.717, 1.165) is 11.3 Å². The molecule has 1 rings (SSSR count). The third kappa shape index (κ3) is 3.30. The van der Waals surface area contributed by atoms with Gasteiger partial charge in [-0.2, -0.15) is 0 Å². The average Bonchev–Trinajstić information content (AvgIpc) is 2.36. The van der Waals surface area contributed by atoms with Gasteiger partial charge in [0.1, 0.15) is 5.75 Å². The first-order valence-electron chi connectivity index (χ1n) is 5.32. The van der Waals surface area contributed by atoms with Crippen LogP contribution in [0.2, 0.25) is 0 Å². The molecule has 4 nitrogen and oxygen atoms in total. The number of ether oxygens (including phenoxy) is 2. The summed E-state index contributed by atoms with van der Waals surface area (Å²) in [6.45, 7) is 2.33. The van der Waals surface area contributed by atoms with Crippen LogP contribution in [-0.4, -0.2) is 25.9 Å². The van der Waals surface area contributed by atoms with Crippen molar-refractivity contribution in [1.29, 1.82) is 0 Å². The molecule has 0 amide bonds. The number of methoxy groups -OCH3 is 1. The van der Waals surface area contributed by atoms with Gasteiger partial charge in [-0.25, -0.2) is 4.79 Å². The molecule has 0 aliphatic heterocycles. The van der Waals surface area contributed by atoms with E-state index in [1.807, 2.05) is 13.2 Å². The van der Waals surface area contributed by atoms with Crippen molar-refractivity contribution in [3.05, 3.63) is 17.7 Å². The van der Waals surface area contributed by atoms with Gasteiger partial charge in [0, 0.05) is 4.90 Å². The molecular formula is C12H17NO3S. The lowest BCUT2D eigenvalue weighted by Crippen LogP contribution is -2.10. The Morgan fingerprint density at radius 1 is 1.47 bits per heavy atom. The number of anilines is 1. The average molecular weight is 255 g/mol. The number of esters is 1. The van der Waals surface area contributed by atoms with Crippen LogP contribution in [0.1, 0.15) is 23.7 Å². The summed E-state index contributed by atoms with van der Waals surface area (Å²) in [4.78, 5) is 12.7. The molecule has 0 aliphatic carbocycles. The second-order valence-corrected chi connectivity index (χ2v) is 4.31. The molecule has 0 atom stereocenters. The van der Waals surface area contributed by atoms with Gasteiger partial charge in [-0.05, 0) is 24.8 Å². The highest BCUT2D eigenvalue weighted by molar-refractivity contribution is 7.98. The summed E-state index contributed by atoms with van der Waals surface area (Å²) < 4.78 is 10.2. The smallest absolute Gasteiger partial charge is 0.340 e. The molecule has 94 valence electrons. The fraction of sp³-hybridized carbons (Fsp3) is 0.417. The van der Waals surface area contributed by atoms with E-state index in [0.29, 0.717) is 23.6 Å².